The zero-order valence-corrected chi connectivity index (χ0v) is 29.7. The monoisotopic (exact) mass is 692 g/mol. The fourth-order valence-corrected chi connectivity index (χ4v) is 8.13. The second kappa shape index (κ2) is 12.5. The maximum atomic E-state index is 14.8. The molecule has 0 saturated carbocycles. The molecule has 1 atom stereocenters. The molecule has 1 aliphatic rings. The van der Waals surface area contributed by atoms with E-state index in [4.69, 9.17) is 19.2 Å². The van der Waals surface area contributed by atoms with Gasteiger partial charge < -0.3 is 24.6 Å². The molecule has 2 heterocycles. The van der Waals surface area contributed by atoms with E-state index in [1.807, 2.05) is 69.3 Å². The smallest absolute Gasteiger partial charge is 0.228 e. The van der Waals surface area contributed by atoms with Gasteiger partial charge in [0, 0.05) is 73.5 Å². The number of hydrogen-bond donors (Lipinski definition) is 2. The molecule has 2 N–H and O–H groups in total. The Hall–Kier alpha value is -6.29. The van der Waals surface area contributed by atoms with Crippen LogP contribution in [0.25, 0.3) is 49.2 Å². The molecule has 0 aliphatic heterocycles. The maximum Gasteiger partial charge on any atom is 0.228 e. The number of aromatic nitrogens is 2. The Balaban J connectivity index is 1.63. The van der Waals surface area contributed by atoms with Gasteiger partial charge in [-0.05, 0) is 62.1 Å². The Morgan fingerprint density at radius 2 is 1.44 bits per heavy atom. The first-order valence-electron chi connectivity index (χ1n) is 17.0. The Kier molecular flexibility index (Phi) is 7.90. The number of fused-ring (bicyclic) bond motifs is 1. The molecule has 1 aliphatic carbocycles. The van der Waals surface area contributed by atoms with Gasteiger partial charge in [0.25, 0.3) is 0 Å². The number of nitrogens with one attached hydrogen (secondary N) is 1. The molecule has 0 radical (unpaired) electrons. The van der Waals surface area contributed by atoms with E-state index in [0.717, 1.165) is 28.1 Å². The molecule has 5 aromatic carbocycles. The number of phenolic OH excluding ortho intramolecular Hbond substituents is 1. The Labute approximate surface area is 298 Å². The number of nitrogens with zero attached hydrogens (tertiary/aromatic N) is 3. The molecule has 10 nitrogen and oxygen atoms in total. The summed E-state index contributed by atoms with van der Waals surface area (Å²) >= 11 is 0. The Morgan fingerprint density at radius 1 is 0.788 bits per heavy atom. The highest BCUT2D eigenvalue weighted by Crippen LogP contribution is 2.55. The second-order valence-corrected chi connectivity index (χ2v) is 13.2. The minimum atomic E-state index is -0.521. The third kappa shape index (κ3) is 4.74. The molecule has 8 rings (SSSR count). The number of methoxy groups -OCH3 is 3. The minimum Gasteiger partial charge on any atom is -0.507 e. The molecule has 0 spiro atoms. The normalized spacial score (nSPS) is 14.4. The second-order valence-electron chi connectivity index (χ2n) is 13.2. The van der Waals surface area contributed by atoms with Crippen LogP contribution in [-0.2, 0) is 13.1 Å². The molecule has 2 aromatic heterocycles. The van der Waals surface area contributed by atoms with Crippen LogP contribution in [0, 0.1) is 6.92 Å². The van der Waals surface area contributed by atoms with Crippen molar-refractivity contribution < 1.29 is 19.3 Å². The summed E-state index contributed by atoms with van der Waals surface area (Å²) in [6.07, 6.45) is 5.43. The summed E-state index contributed by atoms with van der Waals surface area (Å²) in [4.78, 5) is 43.5. The Morgan fingerprint density at radius 3 is 2.08 bits per heavy atom. The van der Waals surface area contributed by atoms with Crippen LogP contribution in [0.1, 0.15) is 47.8 Å². The molecular formula is C42H36N4O6. The number of hydrogen-bond acceptors (Lipinski definition) is 10. The van der Waals surface area contributed by atoms with Gasteiger partial charge in [0.05, 0.1) is 56.9 Å². The van der Waals surface area contributed by atoms with Gasteiger partial charge in [0.2, 0.25) is 10.9 Å². The van der Waals surface area contributed by atoms with Crippen LogP contribution < -0.4 is 30.4 Å². The van der Waals surface area contributed by atoms with Gasteiger partial charge in [0.15, 0.2) is 5.75 Å². The van der Waals surface area contributed by atoms with Gasteiger partial charge in [-0.15, -0.1) is 0 Å². The van der Waals surface area contributed by atoms with Gasteiger partial charge in [-0.2, -0.15) is 0 Å². The lowest BCUT2D eigenvalue weighted by Crippen LogP contribution is -2.19. The number of benzene rings is 5. The van der Waals surface area contributed by atoms with Gasteiger partial charge in [-0.25, -0.2) is 0 Å². The molecule has 7 aromatic rings. The van der Waals surface area contributed by atoms with Crippen molar-refractivity contribution >= 4 is 60.6 Å². The number of ether oxygens (including phenoxy) is 3. The molecule has 10 heteroatoms. The average molecular weight is 693 g/mol. The lowest BCUT2D eigenvalue weighted by atomic mass is 9.80. The van der Waals surface area contributed by atoms with Crippen molar-refractivity contribution in [1.29, 1.82) is 0 Å². The van der Waals surface area contributed by atoms with Crippen molar-refractivity contribution in [1.82, 2.24) is 9.97 Å². The number of rotatable bonds is 9. The van der Waals surface area contributed by atoms with Gasteiger partial charge >= 0.3 is 0 Å². The molecule has 0 saturated heterocycles. The summed E-state index contributed by atoms with van der Waals surface area (Å²) < 4.78 is 18.1. The van der Waals surface area contributed by atoms with E-state index in [9.17, 15) is 14.7 Å². The predicted molar refractivity (Wildman–Crippen MR) is 206 cm³/mol. The van der Waals surface area contributed by atoms with Crippen LogP contribution in [0.4, 0.5) is 5.69 Å². The molecule has 1 unspecified atom stereocenters. The third-order valence-electron chi connectivity index (χ3n) is 10.3. The van der Waals surface area contributed by atoms with Crippen molar-refractivity contribution in [2.75, 3.05) is 26.6 Å². The van der Waals surface area contributed by atoms with Crippen LogP contribution >= 0.6 is 0 Å². The summed E-state index contributed by atoms with van der Waals surface area (Å²) in [5.41, 5.74) is 4.74. The summed E-state index contributed by atoms with van der Waals surface area (Å²) in [6, 6.07) is 14.6. The molecule has 0 bridgehead atoms. The topological polar surface area (TPSA) is 132 Å². The van der Waals surface area contributed by atoms with E-state index in [2.05, 4.69) is 15.3 Å². The number of aryl methyl sites for hydroxylation is 1. The number of pyridine rings is 2. The first kappa shape index (κ1) is 32.9. The lowest BCUT2D eigenvalue weighted by Gasteiger charge is -2.26. The third-order valence-corrected chi connectivity index (χ3v) is 10.3. The number of allylic oxidation sites excluding steroid dienone is 1. The number of phenols is 1. The van der Waals surface area contributed by atoms with Crippen molar-refractivity contribution in [2.24, 2.45) is 4.99 Å². The van der Waals surface area contributed by atoms with Crippen LogP contribution in [0.3, 0.4) is 0 Å². The van der Waals surface area contributed by atoms with E-state index >= 15 is 0 Å². The van der Waals surface area contributed by atoms with E-state index in [1.165, 1.54) is 20.3 Å². The van der Waals surface area contributed by atoms with Crippen molar-refractivity contribution in [2.45, 2.75) is 39.8 Å². The molecule has 0 amide bonds. The molecule has 0 fully saturated rings. The van der Waals surface area contributed by atoms with E-state index in [0.29, 0.717) is 72.7 Å². The summed E-state index contributed by atoms with van der Waals surface area (Å²) in [5, 5.41) is 19.4. The van der Waals surface area contributed by atoms with E-state index in [-0.39, 0.29) is 34.3 Å². The number of aliphatic imine (C=N–C) groups is 1. The van der Waals surface area contributed by atoms with Crippen LogP contribution in [0.2, 0.25) is 0 Å². The van der Waals surface area contributed by atoms with E-state index in [1.54, 1.807) is 19.5 Å². The number of aromatic hydroxyl groups is 1. The zero-order chi connectivity index (χ0) is 36.4. The highest BCUT2D eigenvalue weighted by molar-refractivity contribution is 6.39. The van der Waals surface area contributed by atoms with Crippen molar-refractivity contribution in [3.05, 3.63) is 115 Å². The van der Waals surface area contributed by atoms with Crippen LogP contribution in [0.5, 0.6) is 23.0 Å². The minimum absolute atomic E-state index is 0.126. The fourth-order valence-electron chi connectivity index (χ4n) is 8.13. The first-order valence-corrected chi connectivity index (χ1v) is 17.0. The van der Waals surface area contributed by atoms with Gasteiger partial charge in [0.1, 0.15) is 17.2 Å². The fraction of sp³-hybridized carbons (Fsp3) is 0.214. The van der Waals surface area contributed by atoms with Crippen LogP contribution in [0.15, 0.2) is 81.1 Å². The number of anilines is 1. The van der Waals surface area contributed by atoms with Gasteiger partial charge in [-0.3, -0.25) is 24.5 Å². The zero-order valence-electron chi connectivity index (χ0n) is 29.7. The first-order chi connectivity index (χ1) is 25.2. The summed E-state index contributed by atoms with van der Waals surface area (Å²) in [7, 11) is 4.61. The SMILES string of the molecule is COc1c2c3c4c(c(NCc5ccccn5)c(=O)c5c(O)cc(OC)c(c6c(OC)cc(C)c(c1=O)c63)c54)C=C(C)C2/C(C)=N/Cc1ccccn1. The molecule has 260 valence electrons. The average Bonchev–Trinajstić information content (AvgIpc) is 3.28. The quantitative estimate of drug-likeness (QED) is 0.0897. The summed E-state index contributed by atoms with van der Waals surface area (Å²) in [6.45, 7) is 6.39. The van der Waals surface area contributed by atoms with Crippen LogP contribution in [-0.4, -0.2) is 42.1 Å². The summed E-state index contributed by atoms with van der Waals surface area (Å²) in [5.74, 6) is 0.294. The van der Waals surface area contributed by atoms with E-state index < -0.39 is 5.92 Å². The standard InChI is InChI=1S/C42H36N4O6/c1-20-15-25-31-36-32(40(48)39(25)46-19-24-12-8-10-14-44-24)26(47)17-28(51-5)34(36)33-27(50-4)16-21(2)30-35(33)37(31)38(42(52-6)41(30)49)29(20)22(3)45-18-23-11-7-9-13-43-23/h7-17,29,46-47H,18-19H2,1-6H3/b45-22+. The highest BCUT2D eigenvalue weighted by atomic mass is 16.5. The van der Waals surface area contributed by atoms with Crippen molar-refractivity contribution in [3.8, 4) is 23.0 Å². The highest BCUT2D eigenvalue weighted by Gasteiger charge is 2.36. The lowest BCUT2D eigenvalue weighted by molar-refractivity contribution is 0.407. The molecule has 52 heavy (non-hydrogen) atoms. The largest absolute Gasteiger partial charge is 0.507 e. The van der Waals surface area contributed by atoms with Crippen molar-refractivity contribution in [3.63, 3.8) is 0 Å². The predicted octanol–water partition coefficient (Wildman–Crippen LogP) is 7.50. The Bertz CT molecular complexity index is 2750. The molecular weight excluding hydrogens is 656 g/mol. The maximum absolute atomic E-state index is 14.8. The van der Waals surface area contributed by atoms with Gasteiger partial charge in [-0.1, -0.05) is 23.8 Å².